The van der Waals surface area contributed by atoms with Crippen molar-refractivity contribution in [2.24, 2.45) is 28.8 Å². The van der Waals surface area contributed by atoms with E-state index in [0.29, 0.717) is 27.1 Å². The van der Waals surface area contributed by atoms with Crippen molar-refractivity contribution in [3.05, 3.63) is 58.3 Å². The molecule has 2 fully saturated rings. The summed E-state index contributed by atoms with van der Waals surface area (Å²) in [7, 11) is 0. The van der Waals surface area contributed by atoms with Gasteiger partial charge in [-0.1, -0.05) is 35.4 Å². The third-order valence-electron chi connectivity index (χ3n) is 5.57. The molecule has 2 bridgehead atoms. The lowest BCUT2D eigenvalue weighted by Crippen LogP contribution is -2.28. The van der Waals surface area contributed by atoms with Crippen LogP contribution in [0.4, 0.5) is 0 Å². The van der Waals surface area contributed by atoms with Crippen molar-refractivity contribution in [2.75, 3.05) is 0 Å². The smallest absolute Gasteiger partial charge is 0.254 e. The molecule has 5 nitrogen and oxygen atoms in total. The maximum absolute atomic E-state index is 12.6. The molecule has 136 valence electrons. The van der Waals surface area contributed by atoms with Crippen molar-refractivity contribution in [1.29, 1.82) is 0 Å². The van der Waals surface area contributed by atoms with E-state index < -0.39 is 0 Å². The van der Waals surface area contributed by atoms with Gasteiger partial charge in [0, 0.05) is 10.6 Å². The van der Waals surface area contributed by atoms with Gasteiger partial charge in [0.2, 0.25) is 0 Å². The zero-order valence-corrected chi connectivity index (χ0v) is 15.5. The number of imide groups is 1. The minimum absolute atomic E-state index is 0.166. The monoisotopic (exact) mass is 400 g/mol. The first-order valence-corrected chi connectivity index (χ1v) is 9.44. The average Bonchev–Trinajstić information content (AvgIpc) is 3.39. The summed E-state index contributed by atoms with van der Waals surface area (Å²) in [5, 5.41) is 6.12. The molecule has 2 aliphatic carbocycles. The number of fused-ring (bicyclic) bond motifs is 5. The van der Waals surface area contributed by atoms with Crippen molar-refractivity contribution in [3.63, 3.8) is 0 Å². The van der Waals surface area contributed by atoms with Crippen LogP contribution in [0, 0.1) is 23.7 Å². The van der Waals surface area contributed by atoms with Crippen LogP contribution < -0.4 is 0 Å². The summed E-state index contributed by atoms with van der Waals surface area (Å²) in [5.41, 5.74) is 0.700. The summed E-state index contributed by atoms with van der Waals surface area (Å²) < 4.78 is 5.73. The van der Waals surface area contributed by atoms with E-state index in [1.807, 2.05) is 0 Å². The van der Waals surface area contributed by atoms with Gasteiger partial charge in [0.1, 0.15) is 11.5 Å². The van der Waals surface area contributed by atoms with E-state index in [4.69, 9.17) is 27.6 Å². The molecule has 0 spiro atoms. The van der Waals surface area contributed by atoms with Crippen LogP contribution in [0.5, 0.6) is 0 Å². The normalized spacial score (nSPS) is 28.7. The Hall–Kier alpha value is -2.37. The van der Waals surface area contributed by atoms with Gasteiger partial charge >= 0.3 is 0 Å². The molecule has 0 unspecified atom stereocenters. The highest BCUT2D eigenvalue weighted by atomic mass is 35.5. The van der Waals surface area contributed by atoms with Crippen LogP contribution in [-0.4, -0.2) is 23.0 Å². The second-order valence-corrected chi connectivity index (χ2v) is 7.90. The van der Waals surface area contributed by atoms with E-state index in [-0.39, 0.29) is 35.5 Å². The number of halogens is 2. The molecular weight excluding hydrogens is 387 g/mol. The Bertz CT molecular complexity index is 996. The Morgan fingerprint density at radius 2 is 1.74 bits per heavy atom. The van der Waals surface area contributed by atoms with Gasteiger partial charge in [0.15, 0.2) is 0 Å². The molecule has 2 heterocycles. The molecule has 1 saturated heterocycles. The summed E-state index contributed by atoms with van der Waals surface area (Å²) in [6, 6.07) is 8.59. The molecule has 4 atom stereocenters. The molecule has 2 aromatic rings. The van der Waals surface area contributed by atoms with Crippen molar-refractivity contribution in [2.45, 2.75) is 6.42 Å². The Morgan fingerprint density at radius 3 is 2.41 bits per heavy atom. The Morgan fingerprint density at radius 1 is 1.04 bits per heavy atom. The lowest BCUT2D eigenvalue weighted by atomic mass is 9.85. The maximum atomic E-state index is 12.6. The van der Waals surface area contributed by atoms with Crippen molar-refractivity contribution < 1.29 is 14.0 Å². The van der Waals surface area contributed by atoms with Crippen molar-refractivity contribution >= 4 is 41.2 Å². The molecular formula is C20H14Cl2N2O3. The van der Waals surface area contributed by atoms with Crippen molar-refractivity contribution in [1.82, 2.24) is 5.01 Å². The first kappa shape index (κ1) is 16.8. The van der Waals surface area contributed by atoms with E-state index in [1.54, 1.807) is 30.3 Å². The molecule has 27 heavy (non-hydrogen) atoms. The SMILES string of the molecule is O=C1[C@@H]2[C@H](C(=O)N1N=Cc1ccc(-c3ccc(Cl)cc3Cl)o1)[C@H]1C=C[C@H]2C1. The van der Waals surface area contributed by atoms with Gasteiger partial charge in [-0.2, -0.15) is 10.1 Å². The third-order valence-corrected chi connectivity index (χ3v) is 6.12. The van der Waals surface area contributed by atoms with E-state index in [1.165, 1.54) is 6.21 Å². The molecule has 1 saturated carbocycles. The van der Waals surface area contributed by atoms with E-state index >= 15 is 0 Å². The number of carbonyl (C=O) groups is 2. The fourth-order valence-electron chi connectivity index (χ4n) is 4.37. The highest BCUT2D eigenvalue weighted by molar-refractivity contribution is 6.36. The highest BCUT2D eigenvalue weighted by Gasteiger charge is 2.59. The van der Waals surface area contributed by atoms with Gasteiger partial charge in [-0.15, -0.1) is 0 Å². The first-order valence-electron chi connectivity index (χ1n) is 8.68. The van der Waals surface area contributed by atoms with Gasteiger partial charge in [-0.3, -0.25) is 9.59 Å². The van der Waals surface area contributed by atoms with Gasteiger partial charge in [-0.05, 0) is 48.6 Å². The predicted octanol–water partition coefficient (Wildman–Crippen LogP) is 4.39. The summed E-state index contributed by atoms with van der Waals surface area (Å²) in [6.07, 6.45) is 6.39. The average molecular weight is 401 g/mol. The van der Waals surface area contributed by atoms with Crippen LogP contribution in [0.2, 0.25) is 10.0 Å². The number of carbonyl (C=O) groups excluding carboxylic acids is 2. The van der Waals surface area contributed by atoms with Crippen LogP contribution in [0.15, 0.2) is 52.0 Å². The molecule has 3 aliphatic rings. The quantitative estimate of drug-likeness (QED) is 0.435. The van der Waals surface area contributed by atoms with Crippen molar-refractivity contribution in [3.8, 4) is 11.3 Å². The topological polar surface area (TPSA) is 62.9 Å². The third kappa shape index (κ3) is 2.57. The second kappa shape index (κ2) is 6.08. The molecule has 0 N–H and O–H groups in total. The standard InChI is InChI=1S/C20H14Cl2N2O3/c21-12-3-5-14(15(22)8-12)16-6-4-13(27-16)9-23-24-19(25)17-10-1-2-11(7-10)18(17)20(24)26/h1-6,8-11,17-18H,7H2/t10-,11-,17-,18+/m0/s1. The van der Waals surface area contributed by atoms with E-state index in [9.17, 15) is 9.59 Å². The number of nitrogens with zero attached hydrogens (tertiary/aromatic N) is 2. The number of benzene rings is 1. The zero-order chi connectivity index (χ0) is 18.7. The van der Waals surface area contributed by atoms with Gasteiger partial charge in [0.05, 0.1) is 23.1 Å². The van der Waals surface area contributed by atoms with Crippen LogP contribution in [-0.2, 0) is 9.59 Å². The van der Waals surface area contributed by atoms with E-state index in [2.05, 4.69) is 17.3 Å². The molecule has 5 rings (SSSR count). The second-order valence-electron chi connectivity index (χ2n) is 7.06. The summed E-state index contributed by atoms with van der Waals surface area (Å²) in [6.45, 7) is 0. The van der Waals surface area contributed by atoms with Crippen LogP contribution in [0.25, 0.3) is 11.3 Å². The number of allylic oxidation sites excluding steroid dienone is 2. The molecule has 1 aromatic carbocycles. The predicted molar refractivity (Wildman–Crippen MR) is 101 cm³/mol. The van der Waals surface area contributed by atoms with Gasteiger partial charge < -0.3 is 4.42 Å². The number of hydrogen-bond acceptors (Lipinski definition) is 4. The number of rotatable bonds is 3. The lowest BCUT2D eigenvalue weighted by Gasteiger charge is -2.13. The summed E-state index contributed by atoms with van der Waals surface area (Å²) in [5.74, 6) is 0.356. The Labute approximate surface area is 165 Å². The molecule has 1 aliphatic heterocycles. The van der Waals surface area contributed by atoms with Crippen LogP contribution in [0.3, 0.4) is 0 Å². The fourth-order valence-corrected chi connectivity index (χ4v) is 4.87. The highest BCUT2D eigenvalue weighted by Crippen LogP contribution is 2.52. The lowest BCUT2D eigenvalue weighted by molar-refractivity contribution is -0.140. The van der Waals surface area contributed by atoms with Gasteiger partial charge in [0.25, 0.3) is 11.8 Å². The number of furan rings is 1. The molecule has 7 heteroatoms. The summed E-state index contributed by atoms with van der Waals surface area (Å²) >= 11 is 12.1. The largest absolute Gasteiger partial charge is 0.455 e. The van der Waals surface area contributed by atoms with E-state index in [0.717, 1.165) is 11.4 Å². The summed E-state index contributed by atoms with van der Waals surface area (Å²) in [4.78, 5) is 25.2. The number of amides is 2. The van der Waals surface area contributed by atoms with Crippen LogP contribution in [0.1, 0.15) is 12.2 Å². The maximum Gasteiger partial charge on any atom is 0.254 e. The molecule has 2 amide bonds. The zero-order valence-electron chi connectivity index (χ0n) is 14.0. The molecule has 0 radical (unpaired) electrons. The van der Waals surface area contributed by atoms with Crippen LogP contribution >= 0.6 is 23.2 Å². The Balaban J connectivity index is 1.37. The Kier molecular flexibility index (Phi) is 3.78. The number of hydrazone groups is 1. The minimum Gasteiger partial charge on any atom is -0.455 e. The minimum atomic E-state index is -0.260. The number of hydrogen-bond donors (Lipinski definition) is 0. The first-order chi connectivity index (χ1) is 13.0. The van der Waals surface area contributed by atoms with Gasteiger partial charge in [-0.25, -0.2) is 0 Å². The molecule has 1 aromatic heterocycles. The fraction of sp³-hybridized carbons (Fsp3) is 0.250.